The number of benzene rings is 1. The molecule has 3 N–H and O–H groups in total. The second-order valence-corrected chi connectivity index (χ2v) is 2.88. The van der Waals surface area contributed by atoms with Gasteiger partial charge in [0.05, 0.1) is 3.57 Å². The minimum atomic E-state index is -0.143. The molecule has 0 radical (unpaired) electrons. The molecule has 4 heteroatoms. The standard InChI is InChI=1S/C6H5IO3/c7-6-4(9)1-3(8)2-5(6)10/h1-2,8-10H. The van der Waals surface area contributed by atoms with Gasteiger partial charge < -0.3 is 15.3 Å². The van der Waals surface area contributed by atoms with Crippen LogP contribution in [0, 0.1) is 3.57 Å². The monoisotopic (exact) mass is 252 g/mol. The zero-order valence-corrected chi connectivity index (χ0v) is 7.03. The number of hydrogen-bond acceptors (Lipinski definition) is 3. The number of rotatable bonds is 0. The molecule has 0 spiro atoms. The smallest absolute Gasteiger partial charge is 0.136 e. The summed E-state index contributed by atoms with van der Waals surface area (Å²) in [4.78, 5) is 0. The van der Waals surface area contributed by atoms with Gasteiger partial charge in [-0.15, -0.1) is 0 Å². The fourth-order valence-corrected chi connectivity index (χ4v) is 0.891. The second-order valence-electron chi connectivity index (χ2n) is 1.80. The lowest BCUT2D eigenvalue weighted by Gasteiger charge is -1.99. The highest BCUT2D eigenvalue weighted by Crippen LogP contribution is 2.32. The molecule has 54 valence electrons. The first kappa shape index (κ1) is 7.46. The molecule has 3 nitrogen and oxygen atoms in total. The molecule has 0 heterocycles. The first-order valence-electron chi connectivity index (χ1n) is 2.51. The maximum absolute atomic E-state index is 8.95. The van der Waals surface area contributed by atoms with E-state index in [9.17, 15) is 0 Å². The third-order valence-electron chi connectivity index (χ3n) is 1.02. The van der Waals surface area contributed by atoms with Crippen LogP contribution >= 0.6 is 22.6 Å². The third kappa shape index (κ3) is 1.26. The summed E-state index contributed by atoms with van der Waals surface area (Å²) in [6.45, 7) is 0. The van der Waals surface area contributed by atoms with E-state index in [2.05, 4.69) is 0 Å². The minimum Gasteiger partial charge on any atom is -0.508 e. The van der Waals surface area contributed by atoms with Crippen molar-refractivity contribution in [1.29, 1.82) is 0 Å². The predicted octanol–water partition coefficient (Wildman–Crippen LogP) is 1.41. The van der Waals surface area contributed by atoms with Crippen LogP contribution in [0.3, 0.4) is 0 Å². The first-order chi connectivity index (χ1) is 4.61. The van der Waals surface area contributed by atoms with Gasteiger partial charge in [0.1, 0.15) is 17.2 Å². The van der Waals surface area contributed by atoms with Crippen molar-refractivity contribution in [1.82, 2.24) is 0 Å². The van der Waals surface area contributed by atoms with Gasteiger partial charge in [-0.25, -0.2) is 0 Å². The molecular formula is C6H5IO3. The Kier molecular flexibility index (Phi) is 1.89. The van der Waals surface area contributed by atoms with Crippen LogP contribution in [0.1, 0.15) is 0 Å². The molecule has 0 saturated heterocycles. The summed E-state index contributed by atoms with van der Waals surface area (Å²) in [6.07, 6.45) is 0. The molecule has 0 saturated carbocycles. The molecule has 10 heavy (non-hydrogen) atoms. The summed E-state index contributed by atoms with van der Waals surface area (Å²) < 4.78 is 0.343. The second kappa shape index (κ2) is 2.53. The van der Waals surface area contributed by atoms with Gasteiger partial charge in [0, 0.05) is 12.1 Å². The van der Waals surface area contributed by atoms with E-state index in [1.165, 1.54) is 12.1 Å². The number of aromatic hydroxyl groups is 3. The van der Waals surface area contributed by atoms with E-state index < -0.39 is 0 Å². The number of hydrogen-bond donors (Lipinski definition) is 3. The lowest BCUT2D eigenvalue weighted by Crippen LogP contribution is -1.74. The van der Waals surface area contributed by atoms with Crippen molar-refractivity contribution in [3.8, 4) is 17.2 Å². The van der Waals surface area contributed by atoms with E-state index >= 15 is 0 Å². The normalized spacial score (nSPS) is 9.70. The molecule has 0 amide bonds. The predicted molar refractivity (Wildman–Crippen MR) is 44.2 cm³/mol. The van der Waals surface area contributed by atoms with Gasteiger partial charge in [0.2, 0.25) is 0 Å². The molecular weight excluding hydrogens is 247 g/mol. The highest BCUT2D eigenvalue weighted by atomic mass is 127. The van der Waals surface area contributed by atoms with Gasteiger partial charge in [-0.3, -0.25) is 0 Å². The van der Waals surface area contributed by atoms with E-state index in [1.54, 1.807) is 22.6 Å². The first-order valence-corrected chi connectivity index (χ1v) is 3.59. The summed E-state index contributed by atoms with van der Waals surface area (Å²) >= 11 is 1.77. The average Bonchev–Trinajstić information content (AvgIpc) is 1.82. The third-order valence-corrected chi connectivity index (χ3v) is 2.12. The van der Waals surface area contributed by atoms with Gasteiger partial charge in [-0.1, -0.05) is 0 Å². The van der Waals surface area contributed by atoms with E-state index in [1.807, 2.05) is 0 Å². The van der Waals surface area contributed by atoms with Crippen LogP contribution in [0.5, 0.6) is 17.2 Å². The fourth-order valence-electron chi connectivity index (χ4n) is 0.580. The minimum absolute atomic E-state index is 0.113. The largest absolute Gasteiger partial charge is 0.508 e. The molecule has 1 aromatic rings. The van der Waals surface area contributed by atoms with Crippen LogP contribution in [-0.2, 0) is 0 Å². The molecule has 0 fully saturated rings. The van der Waals surface area contributed by atoms with Gasteiger partial charge in [-0.2, -0.15) is 0 Å². The summed E-state index contributed by atoms with van der Waals surface area (Å²) in [5.74, 6) is -0.369. The maximum atomic E-state index is 8.95. The Morgan fingerprint density at radius 1 is 1.00 bits per heavy atom. The SMILES string of the molecule is Oc1cc(O)c(I)c(O)c1. The van der Waals surface area contributed by atoms with Gasteiger partial charge in [0.25, 0.3) is 0 Å². The van der Waals surface area contributed by atoms with Crippen molar-refractivity contribution in [2.75, 3.05) is 0 Å². The molecule has 0 atom stereocenters. The highest BCUT2D eigenvalue weighted by Gasteiger charge is 2.04. The Morgan fingerprint density at radius 2 is 1.40 bits per heavy atom. The van der Waals surface area contributed by atoms with Crippen LogP contribution in [0.4, 0.5) is 0 Å². The van der Waals surface area contributed by atoms with Crippen molar-refractivity contribution in [3.63, 3.8) is 0 Å². The highest BCUT2D eigenvalue weighted by molar-refractivity contribution is 14.1. The molecule has 0 aliphatic rings. The fraction of sp³-hybridized carbons (Fsp3) is 0. The van der Waals surface area contributed by atoms with E-state index in [-0.39, 0.29) is 17.2 Å². The van der Waals surface area contributed by atoms with Crippen molar-refractivity contribution >= 4 is 22.6 Å². The molecule has 1 aromatic carbocycles. The van der Waals surface area contributed by atoms with Gasteiger partial charge >= 0.3 is 0 Å². The van der Waals surface area contributed by atoms with Crippen molar-refractivity contribution in [2.45, 2.75) is 0 Å². The number of halogens is 1. The molecule has 0 aromatic heterocycles. The zero-order chi connectivity index (χ0) is 7.72. The average molecular weight is 252 g/mol. The van der Waals surface area contributed by atoms with Crippen LogP contribution < -0.4 is 0 Å². The van der Waals surface area contributed by atoms with Crippen LogP contribution in [-0.4, -0.2) is 15.3 Å². The molecule has 1 rings (SSSR count). The quantitative estimate of drug-likeness (QED) is 0.612. The number of phenolic OH excluding ortho intramolecular Hbond substituents is 3. The van der Waals surface area contributed by atoms with Gasteiger partial charge in [-0.05, 0) is 22.6 Å². The van der Waals surface area contributed by atoms with E-state index in [4.69, 9.17) is 15.3 Å². The summed E-state index contributed by atoms with van der Waals surface area (Å²) in [5, 5.41) is 26.7. The Balaban J connectivity index is 3.31. The van der Waals surface area contributed by atoms with Crippen LogP contribution in [0.25, 0.3) is 0 Å². The molecule has 0 unspecified atom stereocenters. The Labute approximate surface area is 71.1 Å². The lowest BCUT2D eigenvalue weighted by molar-refractivity contribution is 0.423. The molecule has 0 aliphatic carbocycles. The van der Waals surface area contributed by atoms with Crippen LogP contribution in [0.2, 0.25) is 0 Å². The van der Waals surface area contributed by atoms with Crippen molar-refractivity contribution in [2.24, 2.45) is 0 Å². The lowest BCUT2D eigenvalue weighted by atomic mass is 10.3. The Morgan fingerprint density at radius 3 is 1.80 bits per heavy atom. The maximum Gasteiger partial charge on any atom is 0.136 e. The van der Waals surface area contributed by atoms with Crippen molar-refractivity contribution in [3.05, 3.63) is 15.7 Å². The Bertz CT molecular complexity index is 236. The summed E-state index contributed by atoms with van der Waals surface area (Å²) in [6, 6.07) is 2.34. The Hall–Kier alpha value is -0.650. The van der Waals surface area contributed by atoms with Crippen molar-refractivity contribution < 1.29 is 15.3 Å². The molecule has 0 bridgehead atoms. The zero-order valence-electron chi connectivity index (χ0n) is 4.87. The summed E-state index contributed by atoms with van der Waals surface area (Å²) in [7, 11) is 0. The molecule has 0 aliphatic heterocycles. The van der Waals surface area contributed by atoms with Gasteiger partial charge in [0.15, 0.2) is 0 Å². The topological polar surface area (TPSA) is 60.7 Å². The van der Waals surface area contributed by atoms with E-state index in [0.717, 1.165) is 0 Å². The summed E-state index contributed by atoms with van der Waals surface area (Å²) in [5.41, 5.74) is 0. The van der Waals surface area contributed by atoms with Crippen LogP contribution in [0.15, 0.2) is 12.1 Å². The van der Waals surface area contributed by atoms with E-state index in [0.29, 0.717) is 3.57 Å². The number of phenols is 3.